The SMILES string of the molecule is Cc1ccccc1CC(=O)Nc1ccc(NCc2ccc(Cl)cc2)cn1. The van der Waals surface area contributed by atoms with E-state index in [9.17, 15) is 4.79 Å². The Morgan fingerprint density at radius 3 is 2.50 bits per heavy atom. The van der Waals surface area contributed by atoms with E-state index >= 15 is 0 Å². The number of nitrogens with zero attached hydrogens (tertiary/aromatic N) is 1. The van der Waals surface area contributed by atoms with Crippen molar-refractivity contribution in [3.8, 4) is 0 Å². The van der Waals surface area contributed by atoms with Gasteiger partial charge in [0.05, 0.1) is 18.3 Å². The van der Waals surface area contributed by atoms with Crippen LogP contribution >= 0.6 is 11.6 Å². The van der Waals surface area contributed by atoms with Gasteiger partial charge in [-0.3, -0.25) is 4.79 Å². The quantitative estimate of drug-likeness (QED) is 0.657. The molecule has 0 radical (unpaired) electrons. The molecule has 0 aliphatic carbocycles. The van der Waals surface area contributed by atoms with Crippen molar-refractivity contribution in [2.45, 2.75) is 19.9 Å². The fourth-order valence-electron chi connectivity index (χ4n) is 2.55. The molecule has 2 N–H and O–H groups in total. The van der Waals surface area contributed by atoms with Crippen molar-refractivity contribution < 1.29 is 4.79 Å². The van der Waals surface area contributed by atoms with Crippen LogP contribution in [0.1, 0.15) is 16.7 Å². The Morgan fingerprint density at radius 1 is 1.04 bits per heavy atom. The van der Waals surface area contributed by atoms with Crippen LogP contribution in [-0.4, -0.2) is 10.9 Å². The zero-order chi connectivity index (χ0) is 18.4. The fraction of sp³-hybridized carbons (Fsp3) is 0.143. The van der Waals surface area contributed by atoms with Gasteiger partial charge in [-0.25, -0.2) is 4.98 Å². The van der Waals surface area contributed by atoms with Gasteiger partial charge in [0.2, 0.25) is 5.91 Å². The fourth-order valence-corrected chi connectivity index (χ4v) is 2.67. The molecule has 1 heterocycles. The highest BCUT2D eigenvalue weighted by atomic mass is 35.5. The minimum atomic E-state index is -0.0753. The van der Waals surface area contributed by atoms with E-state index in [-0.39, 0.29) is 5.91 Å². The van der Waals surface area contributed by atoms with Gasteiger partial charge in [-0.2, -0.15) is 0 Å². The topological polar surface area (TPSA) is 54.0 Å². The monoisotopic (exact) mass is 365 g/mol. The summed E-state index contributed by atoms with van der Waals surface area (Å²) < 4.78 is 0. The lowest BCUT2D eigenvalue weighted by molar-refractivity contribution is -0.115. The van der Waals surface area contributed by atoms with Gasteiger partial charge in [0.25, 0.3) is 0 Å². The lowest BCUT2D eigenvalue weighted by atomic mass is 10.1. The summed E-state index contributed by atoms with van der Waals surface area (Å²) in [6.07, 6.45) is 2.05. The van der Waals surface area contributed by atoms with Crippen LogP contribution in [0.25, 0.3) is 0 Å². The molecule has 0 spiro atoms. The molecule has 1 amide bonds. The summed E-state index contributed by atoms with van der Waals surface area (Å²) in [5.41, 5.74) is 4.14. The number of hydrogen-bond acceptors (Lipinski definition) is 3. The smallest absolute Gasteiger partial charge is 0.229 e. The second kappa shape index (κ2) is 8.50. The molecule has 3 aromatic rings. The van der Waals surface area contributed by atoms with Gasteiger partial charge in [0.15, 0.2) is 0 Å². The van der Waals surface area contributed by atoms with Crippen molar-refractivity contribution in [2.75, 3.05) is 10.6 Å². The second-order valence-corrected chi connectivity index (χ2v) is 6.50. The molecule has 0 fully saturated rings. The standard InChI is InChI=1S/C21H20ClN3O/c1-15-4-2-3-5-17(15)12-21(26)25-20-11-10-19(14-24-20)23-13-16-6-8-18(22)9-7-16/h2-11,14,23H,12-13H2,1H3,(H,24,25,26). The number of carbonyl (C=O) groups excluding carboxylic acids is 1. The third-order valence-corrected chi connectivity index (χ3v) is 4.31. The Balaban J connectivity index is 1.53. The van der Waals surface area contributed by atoms with Crippen molar-refractivity contribution in [1.29, 1.82) is 0 Å². The summed E-state index contributed by atoms with van der Waals surface area (Å²) in [5.74, 6) is 0.467. The molecule has 2 aromatic carbocycles. The van der Waals surface area contributed by atoms with E-state index < -0.39 is 0 Å². The molecule has 0 saturated carbocycles. The summed E-state index contributed by atoms with van der Waals surface area (Å²) >= 11 is 5.88. The molecule has 0 bridgehead atoms. The van der Waals surface area contributed by atoms with Crippen molar-refractivity contribution >= 4 is 29.0 Å². The highest BCUT2D eigenvalue weighted by molar-refractivity contribution is 6.30. The molecule has 0 unspecified atom stereocenters. The number of anilines is 2. The Kier molecular flexibility index (Phi) is 5.87. The van der Waals surface area contributed by atoms with Crippen molar-refractivity contribution in [3.63, 3.8) is 0 Å². The molecular formula is C21H20ClN3O. The lowest BCUT2D eigenvalue weighted by Gasteiger charge is -2.09. The lowest BCUT2D eigenvalue weighted by Crippen LogP contribution is -2.15. The largest absolute Gasteiger partial charge is 0.380 e. The van der Waals surface area contributed by atoms with E-state index in [1.807, 2.05) is 61.5 Å². The van der Waals surface area contributed by atoms with Crippen LogP contribution in [0.5, 0.6) is 0 Å². The summed E-state index contributed by atoms with van der Waals surface area (Å²) in [6, 6.07) is 19.2. The van der Waals surface area contributed by atoms with Gasteiger partial charge in [0.1, 0.15) is 5.82 Å². The molecule has 5 heteroatoms. The number of hydrogen-bond donors (Lipinski definition) is 2. The Labute approximate surface area is 158 Å². The van der Waals surface area contributed by atoms with Crippen LogP contribution in [-0.2, 0) is 17.8 Å². The summed E-state index contributed by atoms with van der Waals surface area (Å²) in [4.78, 5) is 16.5. The molecule has 0 saturated heterocycles. The number of carbonyl (C=O) groups is 1. The molecule has 0 aliphatic heterocycles. The Bertz CT molecular complexity index is 877. The maximum Gasteiger partial charge on any atom is 0.229 e. The molecule has 132 valence electrons. The highest BCUT2D eigenvalue weighted by Crippen LogP contribution is 2.14. The van der Waals surface area contributed by atoms with Gasteiger partial charge in [-0.1, -0.05) is 48.0 Å². The van der Waals surface area contributed by atoms with Gasteiger partial charge < -0.3 is 10.6 Å². The molecule has 1 aromatic heterocycles. The summed E-state index contributed by atoms with van der Waals surface area (Å²) in [6.45, 7) is 2.68. The predicted octanol–water partition coefficient (Wildman–Crippen LogP) is 4.84. The number of nitrogens with one attached hydrogen (secondary N) is 2. The van der Waals surface area contributed by atoms with Crippen LogP contribution in [0.4, 0.5) is 11.5 Å². The first-order valence-electron chi connectivity index (χ1n) is 8.39. The zero-order valence-electron chi connectivity index (χ0n) is 14.5. The molecule has 4 nitrogen and oxygen atoms in total. The molecule has 26 heavy (non-hydrogen) atoms. The first-order valence-corrected chi connectivity index (χ1v) is 8.77. The van der Waals surface area contributed by atoms with E-state index in [0.717, 1.165) is 27.4 Å². The van der Waals surface area contributed by atoms with E-state index in [1.54, 1.807) is 12.3 Å². The molecular weight excluding hydrogens is 346 g/mol. The number of pyridine rings is 1. The average molecular weight is 366 g/mol. The maximum atomic E-state index is 12.2. The van der Waals surface area contributed by atoms with E-state index in [0.29, 0.717) is 18.8 Å². The van der Waals surface area contributed by atoms with Crippen LogP contribution in [0.3, 0.4) is 0 Å². The average Bonchev–Trinajstić information content (AvgIpc) is 2.64. The maximum absolute atomic E-state index is 12.2. The van der Waals surface area contributed by atoms with Gasteiger partial charge in [0, 0.05) is 11.6 Å². The van der Waals surface area contributed by atoms with Gasteiger partial charge in [-0.15, -0.1) is 0 Å². The van der Waals surface area contributed by atoms with Crippen molar-refractivity contribution in [2.24, 2.45) is 0 Å². The molecule has 3 rings (SSSR count). The van der Waals surface area contributed by atoms with E-state index in [1.165, 1.54) is 0 Å². The molecule has 0 aliphatic rings. The van der Waals surface area contributed by atoms with Gasteiger partial charge in [-0.05, 0) is 47.9 Å². The van der Waals surface area contributed by atoms with Gasteiger partial charge >= 0.3 is 0 Å². The minimum absolute atomic E-state index is 0.0753. The highest BCUT2D eigenvalue weighted by Gasteiger charge is 2.07. The first-order chi connectivity index (χ1) is 12.6. The Hall–Kier alpha value is -2.85. The number of benzene rings is 2. The number of halogens is 1. The van der Waals surface area contributed by atoms with Crippen LogP contribution < -0.4 is 10.6 Å². The van der Waals surface area contributed by atoms with Crippen molar-refractivity contribution in [1.82, 2.24) is 4.98 Å². The van der Waals surface area contributed by atoms with E-state index in [4.69, 9.17) is 11.6 Å². The Morgan fingerprint density at radius 2 is 1.81 bits per heavy atom. The van der Waals surface area contributed by atoms with E-state index in [2.05, 4.69) is 15.6 Å². The number of aryl methyl sites for hydroxylation is 1. The second-order valence-electron chi connectivity index (χ2n) is 6.06. The number of amides is 1. The normalized spacial score (nSPS) is 10.4. The van der Waals surface area contributed by atoms with Crippen molar-refractivity contribution in [3.05, 3.63) is 88.6 Å². The van der Waals surface area contributed by atoms with Crippen LogP contribution in [0.2, 0.25) is 5.02 Å². The third-order valence-electron chi connectivity index (χ3n) is 4.05. The summed E-state index contributed by atoms with van der Waals surface area (Å²) in [5, 5.41) is 6.85. The predicted molar refractivity (Wildman–Crippen MR) is 107 cm³/mol. The molecule has 0 atom stereocenters. The zero-order valence-corrected chi connectivity index (χ0v) is 15.3. The van der Waals surface area contributed by atoms with Crippen LogP contribution in [0, 0.1) is 6.92 Å². The first kappa shape index (κ1) is 18.0. The number of rotatable bonds is 6. The minimum Gasteiger partial charge on any atom is -0.380 e. The van der Waals surface area contributed by atoms with Crippen LogP contribution in [0.15, 0.2) is 66.9 Å². The third kappa shape index (κ3) is 5.07. The summed E-state index contributed by atoms with van der Waals surface area (Å²) in [7, 11) is 0. The number of aromatic nitrogens is 1.